The van der Waals surface area contributed by atoms with Gasteiger partial charge in [0.05, 0.1) is 11.4 Å². The Labute approximate surface area is 104 Å². The molecule has 1 fully saturated rings. The molecule has 1 rings (SSSR count). The SMILES string of the molecule is CCC1OCCC1CNS(=O)(=O)C(CC)CN. The lowest BCUT2D eigenvalue weighted by Crippen LogP contribution is -2.41. The van der Waals surface area contributed by atoms with Crippen LogP contribution >= 0.6 is 0 Å². The first-order valence-electron chi connectivity index (χ1n) is 6.35. The molecule has 0 radical (unpaired) electrons. The van der Waals surface area contributed by atoms with Gasteiger partial charge < -0.3 is 10.5 Å². The lowest BCUT2D eigenvalue weighted by molar-refractivity contribution is 0.0884. The summed E-state index contributed by atoms with van der Waals surface area (Å²) in [6.07, 6.45) is 2.60. The highest BCUT2D eigenvalue weighted by Gasteiger charge is 2.29. The van der Waals surface area contributed by atoms with E-state index in [1.54, 1.807) is 0 Å². The third kappa shape index (κ3) is 3.91. The van der Waals surface area contributed by atoms with Crippen LogP contribution in [0.2, 0.25) is 0 Å². The summed E-state index contributed by atoms with van der Waals surface area (Å²) in [5, 5.41) is -0.482. The highest BCUT2D eigenvalue weighted by molar-refractivity contribution is 7.90. The maximum Gasteiger partial charge on any atom is 0.215 e. The Kier molecular flexibility index (Phi) is 5.85. The summed E-state index contributed by atoms with van der Waals surface area (Å²) in [7, 11) is -3.27. The van der Waals surface area contributed by atoms with Crippen LogP contribution in [0.1, 0.15) is 33.1 Å². The van der Waals surface area contributed by atoms with Crippen LogP contribution in [0.4, 0.5) is 0 Å². The van der Waals surface area contributed by atoms with Gasteiger partial charge in [0.2, 0.25) is 10.0 Å². The summed E-state index contributed by atoms with van der Waals surface area (Å²) < 4.78 is 32.0. The van der Waals surface area contributed by atoms with E-state index in [0.717, 1.165) is 19.4 Å². The first-order chi connectivity index (χ1) is 8.05. The number of nitrogens with two attached hydrogens (primary N) is 1. The van der Waals surface area contributed by atoms with Crippen LogP contribution in [0.15, 0.2) is 0 Å². The van der Waals surface area contributed by atoms with E-state index in [1.807, 2.05) is 6.92 Å². The quantitative estimate of drug-likeness (QED) is 0.700. The Hall–Kier alpha value is -0.170. The van der Waals surface area contributed by atoms with Crippen LogP contribution in [-0.4, -0.2) is 39.5 Å². The molecule has 0 aromatic rings. The molecule has 3 atom stereocenters. The molecular formula is C11H24N2O3S. The fourth-order valence-electron chi connectivity index (χ4n) is 2.23. The highest BCUT2D eigenvalue weighted by Crippen LogP contribution is 2.22. The van der Waals surface area contributed by atoms with Crippen LogP contribution in [0.3, 0.4) is 0 Å². The minimum Gasteiger partial charge on any atom is -0.378 e. The fourth-order valence-corrected chi connectivity index (χ4v) is 3.61. The van der Waals surface area contributed by atoms with Gasteiger partial charge in [0.1, 0.15) is 0 Å². The smallest absolute Gasteiger partial charge is 0.215 e. The van der Waals surface area contributed by atoms with E-state index in [1.165, 1.54) is 0 Å². The molecule has 1 aliphatic heterocycles. The minimum atomic E-state index is -3.27. The average molecular weight is 264 g/mol. The Morgan fingerprint density at radius 3 is 2.71 bits per heavy atom. The lowest BCUT2D eigenvalue weighted by atomic mass is 10.0. The third-order valence-electron chi connectivity index (χ3n) is 3.45. The molecule has 0 bridgehead atoms. The van der Waals surface area contributed by atoms with Crippen molar-refractivity contribution >= 4 is 10.0 Å². The molecule has 0 spiro atoms. The first kappa shape index (κ1) is 14.9. The Morgan fingerprint density at radius 2 is 2.18 bits per heavy atom. The van der Waals surface area contributed by atoms with Crippen molar-refractivity contribution in [3.63, 3.8) is 0 Å². The number of sulfonamides is 1. The van der Waals surface area contributed by atoms with Gasteiger partial charge in [-0.2, -0.15) is 0 Å². The Bertz CT molecular complexity index is 315. The van der Waals surface area contributed by atoms with Gasteiger partial charge in [-0.25, -0.2) is 13.1 Å². The molecule has 0 aromatic carbocycles. The number of hydrogen-bond donors (Lipinski definition) is 2. The van der Waals surface area contributed by atoms with Crippen LogP contribution in [0.25, 0.3) is 0 Å². The Balaban J connectivity index is 2.49. The molecule has 3 unspecified atom stereocenters. The van der Waals surface area contributed by atoms with Gasteiger partial charge in [-0.1, -0.05) is 13.8 Å². The van der Waals surface area contributed by atoms with Crippen molar-refractivity contribution in [1.82, 2.24) is 4.72 Å². The second kappa shape index (κ2) is 6.68. The van der Waals surface area contributed by atoms with E-state index in [-0.39, 0.29) is 12.6 Å². The molecule has 3 N–H and O–H groups in total. The lowest BCUT2D eigenvalue weighted by Gasteiger charge is -2.20. The van der Waals surface area contributed by atoms with Gasteiger partial charge in [0, 0.05) is 25.6 Å². The van der Waals surface area contributed by atoms with Crippen molar-refractivity contribution < 1.29 is 13.2 Å². The van der Waals surface area contributed by atoms with Gasteiger partial charge in [0.15, 0.2) is 0 Å². The van der Waals surface area contributed by atoms with Crippen LogP contribution in [0.5, 0.6) is 0 Å². The summed E-state index contributed by atoms with van der Waals surface area (Å²) >= 11 is 0. The van der Waals surface area contributed by atoms with E-state index in [0.29, 0.717) is 18.9 Å². The van der Waals surface area contributed by atoms with Crippen LogP contribution in [-0.2, 0) is 14.8 Å². The molecule has 102 valence electrons. The summed E-state index contributed by atoms with van der Waals surface area (Å²) in [6, 6.07) is 0. The fraction of sp³-hybridized carbons (Fsp3) is 1.00. The number of rotatable bonds is 7. The maximum absolute atomic E-state index is 11.9. The molecule has 6 heteroatoms. The molecule has 0 saturated carbocycles. The zero-order valence-electron chi connectivity index (χ0n) is 10.7. The van der Waals surface area contributed by atoms with Crippen LogP contribution < -0.4 is 10.5 Å². The molecule has 0 aliphatic carbocycles. The monoisotopic (exact) mass is 264 g/mol. The van der Waals surface area contributed by atoms with Gasteiger partial charge >= 0.3 is 0 Å². The molecule has 17 heavy (non-hydrogen) atoms. The summed E-state index contributed by atoms with van der Waals surface area (Å²) in [4.78, 5) is 0. The maximum atomic E-state index is 11.9. The first-order valence-corrected chi connectivity index (χ1v) is 7.89. The molecule has 1 saturated heterocycles. The van der Waals surface area contributed by atoms with Gasteiger partial charge in [-0.3, -0.25) is 0 Å². The van der Waals surface area contributed by atoms with Gasteiger partial charge in [0.25, 0.3) is 0 Å². The Morgan fingerprint density at radius 1 is 1.47 bits per heavy atom. The predicted molar refractivity (Wildman–Crippen MR) is 68.2 cm³/mol. The zero-order valence-corrected chi connectivity index (χ0v) is 11.5. The molecule has 0 aromatic heterocycles. The van der Waals surface area contributed by atoms with Crippen molar-refractivity contribution in [2.75, 3.05) is 19.7 Å². The van der Waals surface area contributed by atoms with Crippen molar-refractivity contribution in [2.45, 2.75) is 44.5 Å². The van der Waals surface area contributed by atoms with E-state index >= 15 is 0 Å². The van der Waals surface area contributed by atoms with Crippen LogP contribution in [0, 0.1) is 5.92 Å². The van der Waals surface area contributed by atoms with E-state index in [9.17, 15) is 8.42 Å². The molecule has 1 heterocycles. The zero-order chi connectivity index (χ0) is 12.9. The van der Waals surface area contributed by atoms with E-state index < -0.39 is 15.3 Å². The normalized spacial score (nSPS) is 27.2. The average Bonchev–Trinajstić information content (AvgIpc) is 2.75. The predicted octanol–water partition coefficient (Wildman–Crippen LogP) is 0.458. The molecule has 0 amide bonds. The van der Waals surface area contributed by atoms with Gasteiger partial charge in [-0.15, -0.1) is 0 Å². The third-order valence-corrected chi connectivity index (χ3v) is 5.42. The summed E-state index contributed by atoms with van der Waals surface area (Å²) in [6.45, 7) is 5.27. The van der Waals surface area contributed by atoms with Crippen molar-refractivity contribution in [1.29, 1.82) is 0 Å². The molecular weight excluding hydrogens is 240 g/mol. The number of hydrogen-bond acceptors (Lipinski definition) is 4. The standard InChI is InChI=1S/C11H24N2O3S/c1-3-10(7-12)17(14,15)13-8-9-5-6-16-11(9)4-2/h9-11,13H,3-8,12H2,1-2H3. The second-order valence-corrected chi connectivity index (χ2v) is 6.57. The molecule has 1 aliphatic rings. The second-order valence-electron chi connectivity index (χ2n) is 4.53. The van der Waals surface area contributed by atoms with Crippen molar-refractivity contribution in [3.05, 3.63) is 0 Å². The summed E-state index contributed by atoms with van der Waals surface area (Å²) in [5.41, 5.74) is 5.46. The molecule has 5 nitrogen and oxygen atoms in total. The van der Waals surface area contributed by atoms with Crippen molar-refractivity contribution in [2.24, 2.45) is 11.7 Å². The summed E-state index contributed by atoms with van der Waals surface area (Å²) in [5.74, 6) is 0.296. The minimum absolute atomic E-state index is 0.171. The number of ether oxygens (including phenoxy) is 1. The van der Waals surface area contributed by atoms with Gasteiger partial charge in [-0.05, 0) is 19.3 Å². The van der Waals surface area contributed by atoms with Crippen molar-refractivity contribution in [3.8, 4) is 0 Å². The highest BCUT2D eigenvalue weighted by atomic mass is 32.2. The van der Waals surface area contributed by atoms with E-state index in [4.69, 9.17) is 10.5 Å². The largest absolute Gasteiger partial charge is 0.378 e. The van der Waals surface area contributed by atoms with E-state index in [2.05, 4.69) is 11.6 Å². The topological polar surface area (TPSA) is 81.4 Å². The number of nitrogens with one attached hydrogen (secondary N) is 1.